The fourth-order valence-corrected chi connectivity index (χ4v) is 3.23. The predicted octanol–water partition coefficient (Wildman–Crippen LogP) is 4.31. The molecule has 0 aliphatic heterocycles. The normalized spacial score (nSPS) is 18.2. The van der Waals surface area contributed by atoms with E-state index in [2.05, 4.69) is 14.7 Å². The Labute approximate surface area is 157 Å². The average Bonchev–Trinajstić information content (AvgIpc) is 2.99. The van der Waals surface area contributed by atoms with Crippen LogP contribution in [0.1, 0.15) is 30.0 Å². The fourth-order valence-electron chi connectivity index (χ4n) is 2.50. The standard InChI is InChI=1S/C16H13Cl2N3O3S/c17-11-3-1-9(2-4-11)10-5-14(22)12(15(23)6-10)7-19-24-8-13-16(18)25-21-20-13/h1-4,7,10,22H,5-6,8H2. The number of aliphatic hydroxyl groups is 1. The van der Waals surface area contributed by atoms with Gasteiger partial charge >= 0.3 is 0 Å². The second-order valence-corrected chi connectivity index (χ2v) is 7.23. The van der Waals surface area contributed by atoms with Crippen LogP contribution in [0.3, 0.4) is 0 Å². The number of allylic oxidation sites excluding steroid dienone is 2. The first kappa shape index (κ1) is 17.8. The summed E-state index contributed by atoms with van der Waals surface area (Å²) in [7, 11) is 0. The molecule has 130 valence electrons. The minimum Gasteiger partial charge on any atom is -0.511 e. The number of ketones is 1. The zero-order chi connectivity index (χ0) is 17.8. The zero-order valence-electron chi connectivity index (χ0n) is 12.9. The molecule has 3 rings (SSSR count). The molecule has 0 spiro atoms. The fraction of sp³-hybridized carbons (Fsp3) is 0.250. The van der Waals surface area contributed by atoms with Crippen molar-refractivity contribution >= 4 is 46.7 Å². The summed E-state index contributed by atoms with van der Waals surface area (Å²) in [6.07, 6.45) is 1.87. The lowest BCUT2D eigenvalue weighted by molar-refractivity contribution is -0.116. The molecule has 0 amide bonds. The number of carbonyl (C=O) groups excluding carboxylic acids is 1. The first-order chi connectivity index (χ1) is 12.0. The van der Waals surface area contributed by atoms with E-state index in [-0.39, 0.29) is 36.1 Å². The number of oxime groups is 1. The van der Waals surface area contributed by atoms with Crippen LogP contribution in [0.2, 0.25) is 9.36 Å². The summed E-state index contributed by atoms with van der Waals surface area (Å²) in [5, 5.41) is 18.3. The van der Waals surface area contributed by atoms with Crippen molar-refractivity contribution in [2.75, 3.05) is 0 Å². The molecule has 0 saturated heterocycles. The maximum atomic E-state index is 12.3. The van der Waals surface area contributed by atoms with Gasteiger partial charge in [-0.15, -0.1) is 5.10 Å². The van der Waals surface area contributed by atoms with Gasteiger partial charge in [-0.3, -0.25) is 4.79 Å². The molecule has 0 radical (unpaired) electrons. The van der Waals surface area contributed by atoms with Crippen LogP contribution in [0.4, 0.5) is 0 Å². The van der Waals surface area contributed by atoms with Crippen molar-refractivity contribution in [3.05, 3.63) is 56.2 Å². The Kier molecular flexibility index (Phi) is 5.67. The third-order valence-corrected chi connectivity index (χ3v) is 5.03. The lowest BCUT2D eigenvalue weighted by Gasteiger charge is -2.22. The summed E-state index contributed by atoms with van der Waals surface area (Å²) in [5.41, 5.74) is 1.59. The van der Waals surface area contributed by atoms with Crippen molar-refractivity contribution < 1.29 is 14.7 Å². The Morgan fingerprint density at radius 2 is 2.08 bits per heavy atom. The number of hydrogen-bond donors (Lipinski definition) is 1. The molecular weight excluding hydrogens is 385 g/mol. The lowest BCUT2D eigenvalue weighted by Crippen LogP contribution is -2.19. The molecule has 1 N–H and O–H groups in total. The number of benzene rings is 1. The first-order valence-corrected chi connectivity index (χ1v) is 8.90. The first-order valence-electron chi connectivity index (χ1n) is 7.37. The quantitative estimate of drug-likeness (QED) is 0.600. The van der Waals surface area contributed by atoms with E-state index in [1.807, 2.05) is 12.1 Å². The van der Waals surface area contributed by atoms with Crippen molar-refractivity contribution in [1.82, 2.24) is 9.59 Å². The van der Waals surface area contributed by atoms with Gasteiger partial charge in [-0.25, -0.2) is 0 Å². The monoisotopic (exact) mass is 397 g/mol. The smallest absolute Gasteiger partial charge is 0.168 e. The second-order valence-electron chi connectivity index (χ2n) is 5.44. The molecule has 2 aromatic rings. The Hall–Kier alpha value is -1.96. The SMILES string of the molecule is O=C1CC(c2ccc(Cl)cc2)CC(O)=C1C=NOCc1nnsc1Cl. The van der Waals surface area contributed by atoms with Crippen LogP contribution in [0, 0.1) is 0 Å². The van der Waals surface area contributed by atoms with Gasteiger partial charge in [0.25, 0.3) is 0 Å². The summed E-state index contributed by atoms with van der Waals surface area (Å²) in [4.78, 5) is 17.4. The summed E-state index contributed by atoms with van der Waals surface area (Å²) in [6, 6.07) is 7.26. The van der Waals surface area contributed by atoms with Crippen LogP contribution in [-0.4, -0.2) is 26.7 Å². The van der Waals surface area contributed by atoms with Gasteiger partial charge in [0.1, 0.15) is 15.8 Å². The number of Topliss-reactive ketones (excluding diaryl/α,β-unsaturated/α-hetero) is 1. The van der Waals surface area contributed by atoms with Gasteiger partial charge in [0.2, 0.25) is 0 Å². The van der Waals surface area contributed by atoms with E-state index in [0.29, 0.717) is 21.5 Å². The average molecular weight is 398 g/mol. The third-order valence-electron chi connectivity index (χ3n) is 3.79. The van der Waals surface area contributed by atoms with Crippen LogP contribution < -0.4 is 0 Å². The summed E-state index contributed by atoms with van der Waals surface area (Å²) in [6.45, 7) is 0.0431. The largest absolute Gasteiger partial charge is 0.511 e. The molecule has 6 nitrogen and oxygen atoms in total. The number of halogens is 2. The van der Waals surface area contributed by atoms with E-state index in [9.17, 15) is 9.90 Å². The minimum atomic E-state index is -0.190. The molecule has 0 saturated carbocycles. The van der Waals surface area contributed by atoms with Gasteiger partial charge in [-0.2, -0.15) is 0 Å². The Bertz CT molecular complexity index is 833. The molecule has 1 aliphatic rings. The van der Waals surface area contributed by atoms with Gasteiger partial charge in [0, 0.05) is 29.4 Å². The molecule has 1 aromatic heterocycles. The minimum absolute atomic E-state index is 0.00286. The maximum Gasteiger partial charge on any atom is 0.168 e. The Morgan fingerprint density at radius 1 is 1.32 bits per heavy atom. The highest BCUT2D eigenvalue weighted by Crippen LogP contribution is 2.33. The molecule has 1 atom stereocenters. The van der Waals surface area contributed by atoms with Crippen LogP contribution in [-0.2, 0) is 16.2 Å². The highest BCUT2D eigenvalue weighted by atomic mass is 35.5. The summed E-state index contributed by atoms with van der Waals surface area (Å²) in [5.74, 6) is -0.274. The molecule has 0 fully saturated rings. The van der Waals surface area contributed by atoms with Gasteiger partial charge in [0.05, 0.1) is 11.8 Å². The number of aromatic nitrogens is 2. The molecule has 1 aliphatic carbocycles. The molecule has 1 unspecified atom stereocenters. The van der Waals surface area contributed by atoms with Crippen molar-refractivity contribution in [1.29, 1.82) is 0 Å². The zero-order valence-corrected chi connectivity index (χ0v) is 15.2. The van der Waals surface area contributed by atoms with E-state index < -0.39 is 0 Å². The van der Waals surface area contributed by atoms with Crippen molar-refractivity contribution in [3.63, 3.8) is 0 Å². The summed E-state index contributed by atoms with van der Waals surface area (Å²) < 4.78 is 4.10. The van der Waals surface area contributed by atoms with Gasteiger partial charge in [0.15, 0.2) is 12.4 Å². The number of rotatable bonds is 5. The lowest BCUT2D eigenvalue weighted by atomic mass is 9.83. The van der Waals surface area contributed by atoms with Crippen LogP contribution in [0.25, 0.3) is 0 Å². The second kappa shape index (κ2) is 7.95. The highest BCUT2D eigenvalue weighted by Gasteiger charge is 2.27. The number of nitrogens with zero attached hydrogens (tertiary/aromatic N) is 3. The van der Waals surface area contributed by atoms with Crippen LogP contribution in [0.5, 0.6) is 0 Å². The predicted molar refractivity (Wildman–Crippen MR) is 96.3 cm³/mol. The molecule has 9 heteroatoms. The van der Waals surface area contributed by atoms with Gasteiger partial charge < -0.3 is 9.94 Å². The maximum absolute atomic E-state index is 12.3. The van der Waals surface area contributed by atoms with Crippen molar-refractivity contribution in [2.45, 2.75) is 25.4 Å². The topological polar surface area (TPSA) is 84.7 Å². The van der Waals surface area contributed by atoms with E-state index in [1.54, 1.807) is 12.1 Å². The van der Waals surface area contributed by atoms with Crippen molar-refractivity contribution in [3.8, 4) is 0 Å². The van der Waals surface area contributed by atoms with E-state index >= 15 is 0 Å². The van der Waals surface area contributed by atoms with Crippen LogP contribution >= 0.6 is 34.7 Å². The Morgan fingerprint density at radius 3 is 2.72 bits per heavy atom. The van der Waals surface area contributed by atoms with E-state index in [1.165, 1.54) is 6.21 Å². The number of aliphatic hydroxyl groups excluding tert-OH is 1. The van der Waals surface area contributed by atoms with E-state index in [4.69, 9.17) is 28.0 Å². The molecular formula is C16H13Cl2N3O3S. The number of carbonyl (C=O) groups is 1. The van der Waals surface area contributed by atoms with Crippen LogP contribution in [0.15, 0.2) is 40.8 Å². The van der Waals surface area contributed by atoms with Crippen molar-refractivity contribution in [2.24, 2.45) is 5.16 Å². The Balaban J connectivity index is 1.64. The van der Waals surface area contributed by atoms with E-state index in [0.717, 1.165) is 17.1 Å². The van der Waals surface area contributed by atoms with Gasteiger partial charge in [-0.05, 0) is 23.6 Å². The number of hydrogen-bond acceptors (Lipinski definition) is 7. The molecule has 0 bridgehead atoms. The molecule has 25 heavy (non-hydrogen) atoms. The highest BCUT2D eigenvalue weighted by molar-refractivity contribution is 7.10. The third kappa shape index (κ3) is 4.36. The molecule has 1 heterocycles. The summed E-state index contributed by atoms with van der Waals surface area (Å²) >= 11 is 12.8. The molecule has 1 aromatic carbocycles. The van der Waals surface area contributed by atoms with Gasteiger partial charge in [-0.1, -0.05) is 45.0 Å².